The Labute approximate surface area is 178 Å². The molecule has 2 aromatic carbocycles. The normalized spacial score (nSPS) is 14.9. The van der Waals surface area contributed by atoms with E-state index in [1.165, 1.54) is 5.56 Å². The summed E-state index contributed by atoms with van der Waals surface area (Å²) in [5.74, 6) is -0.00267. The van der Waals surface area contributed by atoms with Crippen molar-refractivity contribution in [1.82, 2.24) is 0 Å². The molecule has 1 aliphatic rings. The lowest BCUT2D eigenvalue weighted by atomic mass is 9.77. The second-order valence-electron chi connectivity index (χ2n) is 7.89. The highest BCUT2D eigenvalue weighted by molar-refractivity contribution is 6.01. The van der Waals surface area contributed by atoms with Crippen LogP contribution < -0.4 is 10.1 Å². The summed E-state index contributed by atoms with van der Waals surface area (Å²) in [6.07, 6.45) is 4.53. The Morgan fingerprint density at radius 1 is 1.03 bits per heavy atom. The van der Waals surface area contributed by atoms with E-state index in [0.717, 1.165) is 37.7 Å². The van der Waals surface area contributed by atoms with E-state index >= 15 is 0 Å². The molecule has 0 saturated heterocycles. The maximum absolute atomic E-state index is 13.4. The van der Waals surface area contributed by atoms with Gasteiger partial charge in [-0.05, 0) is 56.9 Å². The van der Waals surface area contributed by atoms with Gasteiger partial charge >= 0.3 is 5.97 Å². The molecule has 1 aliphatic carbocycles. The Balaban J connectivity index is 1.88. The van der Waals surface area contributed by atoms with Crippen LogP contribution in [0.3, 0.4) is 0 Å². The van der Waals surface area contributed by atoms with E-state index in [-0.39, 0.29) is 12.5 Å². The molecule has 0 unspecified atom stereocenters. The molecule has 0 bridgehead atoms. The van der Waals surface area contributed by atoms with Crippen LogP contribution in [0.5, 0.6) is 5.75 Å². The Bertz CT molecular complexity index is 883. The minimum atomic E-state index is -0.533. The molecule has 0 aliphatic heterocycles. The van der Waals surface area contributed by atoms with Crippen molar-refractivity contribution in [2.75, 3.05) is 18.5 Å². The van der Waals surface area contributed by atoms with Crippen LogP contribution in [-0.2, 0) is 14.9 Å². The summed E-state index contributed by atoms with van der Waals surface area (Å²) in [5, 5.41) is 3.06. The fourth-order valence-corrected chi connectivity index (χ4v) is 4.06. The molecule has 3 rings (SSSR count). The van der Waals surface area contributed by atoms with Crippen molar-refractivity contribution in [3.63, 3.8) is 0 Å². The standard InChI is InChI=1S/C25H31NO4/c1-4-16-30-22-13-12-20(17-21(22)23(27)29-5-2)26-24(28)25(14-6-7-15-25)19-10-8-18(3)9-11-19/h8-13,17H,4-7,14-16H2,1-3H3,(H,26,28). The Hall–Kier alpha value is -2.82. The first-order valence-corrected chi connectivity index (χ1v) is 10.8. The Kier molecular flexibility index (Phi) is 7.14. The van der Waals surface area contributed by atoms with Gasteiger partial charge in [-0.1, -0.05) is 49.6 Å². The number of rotatable bonds is 8. The van der Waals surface area contributed by atoms with Crippen molar-refractivity contribution in [3.8, 4) is 5.75 Å². The van der Waals surface area contributed by atoms with E-state index in [4.69, 9.17) is 9.47 Å². The zero-order valence-electron chi connectivity index (χ0n) is 18.1. The first kappa shape index (κ1) is 21.9. The number of esters is 1. The van der Waals surface area contributed by atoms with Crippen molar-refractivity contribution in [3.05, 3.63) is 59.2 Å². The van der Waals surface area contributed by atoms with E-state index in [1.54, 1.807) is 25.1 Å². The summed E-state index contributed by atoms with van der Waals surface area (Å²) in [7, 11) is 0. The highest BCUT2D eigenvalue weighted by Gasteiger charge is 2.42. The van der Waals surface area contributed by atoms with E-state index in [2.05, 4.69) is 29.6 Å². The van der Waals surface area contributed by atoms with Crippen LogP contribution in [0.25, 0.3) is 0 Å². The van der Waals surface area contributed by atoms with Crippen LogP contribution >= 0.6 is 0 Å². The van der Waals surface area contributed by atoms with Crippen LogP contribution in [0.2, 0.25) is 0 Å². The number of anilines is 1. The zero-order chi connectivity index (χ0) is 21.6. The summed E-state index contributed by atoms with van der Waals surface area (Å²) >= 11 is 0. The number of amides is 1. The summed E-state index contributed by atoms with van der Waals surface area (Å²) in [6, 6.07) is 13.4. The predicted molar refractivity (Wildman–Crippen MR) is 118 cm³/mol. The van der Waals surface area contributed by atoms with Crippen molar-refractivity contribution in [2.24, 2.45) is 0 Å². The van der Waals surface area contributed by atoms with Gasteiger partial charge in [0.1, 0.15) is 11.3 Å². The minimum absolute atomic E-state index is 0.0270. The maximum atomic E-state index is 13.4. The number of nitrogens with one attached hydrogen (secondary N) is 1. The van der Waals surface area contributed by atoms with Crippen LogP contribution in [0.4, 0.5) is 5.69 Å². The molecule has 0 atom stereocenters. The van der Waals surface area contributed by atoms with Gasteiger partial charge in [-0.3, -0.25) is 4.79 Å². The van der Waals surface area contributed by atoms with Crippen LogP contribution in [0, 0.1) is 6.92 Å². The molecule has 1 saturated carbocycles. The van der Waals surface area contributed by atoms with E-state index in [1.807, 2.05) is 13.8 Å². The highest BCUT2D eigenvalue weighted by atomic mass is 16.5. The van der Waals surface area contributed by atoms with Crippen LogP contribution in [0.1, 0.15) is 67.4 Å². The molecule has 0 radical (unpaired) electrons. The first-order chi connectivity index (χ1) is 14.5. The predicted octanol–water partition coefficient (Wildman–Crippen LogP) is 5.41. The van der Waals surface area contributed by atoms with Crippen molar-refractivity contribution in [2.45, 2.75) is 58.3 Å². The molecular weight excluding hydrogens is 378 g/mol. The van der Waals surface area contributed by atoms with Gasteiger partial charge in [0.05, 0.1) is 18.6 Å². The van der Waals surface area contributed by atoms with Gasteiger partial charge in [-0.25, -0.2) is 4.79 Å². The smallest absolute Gasteiger partial charge is 0.341 e. The number of carbonyl (C=O) groups excluding carboxylic acids is 2. The van der Waals surface area contributed by atoms with Gasteiger partial charge in [0.2, 0.25) is 5.91 Å². The second-order valence-corrected chi connectivity index (χ2v) is 7.89. The monoisotopic (exact) mass is 409 g/mol. The van der Waals surface area contributed by atoms with Crippen molar-refractivity contribution < 1.29 is 19.1 Å². The van der Waals surface area contributed by atoms with Crippen LogP contribution in [-0.4, -0.2) is 25.1 Å². The van der Waals surface area contributed by atoms with Gasteiger partial charge in [-0.15, -0.1) is 0 Å². The summed E-state index contributed by atoms with van der Waals surface area (Å²) in [6.45, 7) is 6.60. The quantitative estimate of drug-likeness (QED) is 0.592. The second kappa shape index (κ2) is 9.79. The molecule has 0 spiro atoms. The number of aryl methyl sites for hydroxylation is 1. The van der Waals surface area contributed by atoms with E-state index in [9.17, 15) is 9.59 Å². The van der Waals surface area contributed by atoms with Crippen molar-refractivity contribution >= 4 is 17.6 Å². The summed E-state index contributed by atoms with van der Waals surface area (Å²) < 4.78 is 10.9. The first-order valence-electron chi connectivity index (χ1n) is 10.8. The topological polar surface area (TPSA) is 64.6 Å². The molecular formula is C25H31NO4. The fourth-order valence-electron chi connectivity index (χ4n) is 4.06. The third-order valence-corrected chi connectivity index (χ3v) is 5.69. The molecule has 160 valence electrons. The summed E-state index contributed by atoms with van der Waals surface area (Å²) in [5.41, 5.74) is 2.60. The fraction of sp³-hybridized carbons (Fsp3) is 0.440. The van der Waals surface area contributed by atoms with Crippen LogP contribution in [0.15, 0.2) is 42.5 Å². The van der Waals surface area contributed by atoms with Crippen molar-refractivity contribution in [1.29, 1.82) is 0 Å². The zero-order valence-corrected chi connectivity index (χ0v) is 18.1. The van der Waals surface area contributed by atoms with E-state index < -0.39 is 11.4 Å². The van der Waals surface area contributed by atoms with Gasteiger partial charge < -0.3 is 14.8 Å². The van der Waals surface area contributed by atoms with Gasteiger partial charge in [0.25, 0.3) is 0 Å². The molecule has 1 N–H and O–H groups in total. The maximum Gasteiger partial charge on any atom is 0.341 e. The highest BCUT2D eigenvalue weighted by Crippen LogP contribution is 2.42. The number of ether oxygens (including phenoxy) is 2. The molecule has 0 aromatic heterocycles. The third-order valence-electron chi connectivity index (χ3n) is 5.69. The molecule has 5 heteroatoms. The SMILES string of the molecule is CCCOc1ccc(NC(=O)C2(c3ccc(C)cc3)CCCC2)cc1C(=O)OCC. The number of hydrogen-bond donors (Lipinski definition) is 1. The van der Waals surface area contributed by atoms with Gasteiger partial charge in [0, 0.05) is 5.69 Å². The number of carbonyl (C=O) groups is 2. The lowest BCUT2D eigenvalue weighted by molar-refractivity contribution is -0.121. The molecule has 0 heterocycles. The Morgan fingerprint density at radius 2 is 1.73 bits per heavy atom. The molecule has 30 heavy (non-hydrogen) atoms. The lowest BCUT2D eigenvalue weighted by Crippen LogP contribution is -2.38. The molecule has 2 aromatic rings. The molecule has 1 fully saturated rings. The number of benzene rings is 2. The summed E-state index contributed by atoms with van der Waals surface area (Å²) in [4.78, 5) is 25.9. The average Bonchev–Trinajstić information content (AvgIpc) is 3.24. The third kappa shape index (κ3) is 4.66. The lowest BCUT2D eigenvalue weighted by Gasteiger charge is -2.28. The number of hydrogen-bond acceptors (Lipinski definition) is 4. The minimum Gasteiger partial charge on any atom is -0.493 e. The van der Waals surface area contributed by atoms with E-state index in [0.29, 0.717) is 23.6 Å². The largest absolute Gasteiger partial charge is 0.493 e. The average molecular weight is 410 g/mol. The molecule has 1 amide bonds. The molecule has 5 nitrogen and oxygen atoms in total. The van der Waals surface area contributed by atoms with Gasteiger partial charge in [-0.2, -0.15) is 0 Å². The Morgan fingerprint density at radius 3 is 2.37 bits per heavy atom. The van der Waals surface area contributed by atoms with Gasteiger partial charge in [0.15, 0.2) is 0 Å².